The standard InChI is InChI=1S/C24H27N9O4/c1-6-32(21-15(3)9-8-12-25-21)23(34)19-11-10-17(13-26-19)18-14-27-31(5)20(18)22-28-29-30-33(22)16(4)37-24(35)36-7-2/h8-14,16H,6-7H2,1-5H3/t16-/m0/s1. The van der Waals surface area contributed by atoms with Crippen molar-refractivity contribution < 1.29 is 19.1 Å². The SMILES string of the molecule is CCOC(=O)O[C@@H](C)n1nnnc1-c1c(-c2ccc(C(=O)N(CC)c3ncccc3C)nc2)cnn1C. The summed E-state index contributed by atoms with van der Waals surface area (Å²) in [5, 5.41) is 16.2. The van der Waals surface area contributed by atoms with Crippen LogP contribution in [0.4, 0.5) is 10.6 Å². The molecule has 0 N–H and O–H groups in total. The van der Waals surface area contributed by atoms with E-state index in [0.717, 1.165) is 5.56 Å². The first-order valence-electron chi connectivity index (χ1n) is 11.7. The minimum Gasteiger partial charge on any atom is -0.435 e. The lowest BCUT2D eigenvalue weighted by molar-refractivity contribution is 0.00140. The molecule has 4 rings (SSSR count). The van der Waals surface area contributed by atoms with Gasteiger partial charge < -0.3 is 9.47 Å². The average molecular weight is 506 g/mol. The number of aryl methyl sites for hydroxylation is 2. The second-order valence-electron chi connectivity index (χ2n) is 8.00. The quantitative estimate of drug-likeness (QED) is 0.327. The monoisotopic (exact) mass is 505 g/mol. The van der Waals surface area contributed by atoms with Crippen LogP contribution in [0, 0.1) is 6.92 Å². The molecule has 0 unspecified atom stereocenters. The highest BCUT2D eigenvalue weighted by Crippen LogP contribution is 2.31. The summed E-state index contributed by atoms with van der Waals surface area (Å²) >= 11 is 0. The Labute approximate surface area is 213 Å². The lowest BCUT2D eigenvalue weighted by atomic mass is 10.1. The van der Waals surface area contributed by atoms with Crippen LogP contribution in [0.2, 0.25) is 0 Å². The number of hydrogen-bond acceptors (Lipinski definition) is 10. The van der Waals surface area contributed by atoms with E-state index in [2.05, 4.69) is 30.6 Å². The van der Waals surface area contributed by atoms with Crippen molar-refractivity contribution in [2.75, 3.05) is 18.1 Å². The van der Waals surface area contributed by atoms with E-state index in [9.17, 15) is 9.59 Å². The normalized spacial score (nSPS) is 11.7. The molecule has 1 atom stereocenters. The minimum atomic E-state index is -0.833. The number of amides is 1. The molecule has 4 aromatic heterocycles. The average Bonchev–Trinajstić information content (AvgIpc) is 3.52. The maximum atomic E-state index is 13.2. The van der Waals surface area contributed by atoms with Crippen LogP contribution < -0.4 is 4.90 Å². The zero-order chi connectivity index (χ0) is 26.5. The van der Waals surface area contributed by atoms with Crippen LogP contribution in [0.25, 0.3) is 22.6 Å². The Morgan fingerprint density at radius 1 is 1.14 bits per heavy atom. The van der Waals surface area contributed by atoms with Gasteiger partial charge in [-0.25, -0.2) is 9.78 Å². The first-order valence-corrected chi connectivity index (χ1v) is 11.7. The molecule has 13 heteroatoms. The van der Waals surface area contributed by atoms with Gasteiger partial charge in [0.15, 0.2) is 6.23 Å². The number of rotatable bonds is 8. The van der Waals surface area contributed by atoms with Crippen molar-refractivity contribution in [3.8, 4) is 22.6 Å². The van der Waals surface area contributed by atoms with E-state index in [4.69, 9.17) is 9.47 Å². The smallest absolute Gasteiger partial charge is 0.435 e. The van der Waals surface area contributed by atoms with Gasteiger partial charge in [-0.15, -0.1) is 5.10 Å². The molecule has 37 heavy (non-hydrogen) atoms. The summed E-state index contributed by atoms with van der Waals surface area (Å²) < 4.78 is 13.1. The highest BCUT2D eigenvalue weighted by atomic mass is 16.7. The summed E-state index contributed by atoms with van der Waals surface area (Å²) in [4.78, 5) is 35.4. The third-order valence-corrected chi connectivity index (χ3v) is 5.61. The van der Waals surface area contributed by atoms with E-state index in [1.165, 1.54) is 4.68 Å². The predicted octanol–water partition coefficient (Wildman–Crippen LogP) is 3.20. The third-order valence-electron chi connectivity index (χ3n) is 5.61. The molecule has 4 aromatic rings. The molecule has 4 heterocycles. The Kier molecular flexibility index (Phi) is 7.51. The number of ether oxygens (including phenoxy) is 2. The highest BCUT2D eigenvalue weighted by Gasteiger charge is 2.25. The van der Waals surface area contributed by atoms with Gasteiger partial charge in [-0.05, 0) is 55.8 Å². The molecule has 0 aliphatic heterocycles. The molecule has 0 aromatic carbocycles. The molecule has 0 saturated heterocycles. The molecule has 0 bridgehead atoms. The van der Waals surface area contributed by atoms with Gasteiger partial charge in [0.2, 0.25) is 5.82 Å². The van der Waals surface area contributed by atoms with Crippen molar-refractivity contribution >= 4 is 17.9 Å². The molecule has 0 saturated carbocycles. The van der Waals surface area contributed by atoms with Gasteiger partial charge in [0.05, 0.1) is 12.8 Å². The van der Waals surface area contributed by atoms with Gasteiger partial charge in [-0.2, -0.15) is 9.78 Å². The maximum Gasteiger partial charge on any atom is 0.510 e. The molecular weight excluding hydrogens is 478 g/mol. The van der Waals surface area contributed by atoms with Gasteiger partial charge >= 0.3 is 6.16 Å². The van der Waals surface area contributed by atoms with Crippen molar-refractivity contribution in [1.82, 2.24) is 40.0 Å². The van der Waals surface area contributed by atoms with Crippen LogP contribution in [0.1, 0.15) is 43.1 Å². The van der Waals surface area contributed by atoms with E-state index < -0.39 is 12.4 Å². The van der Waals surface area contributed by atoms with Gasteiger partial charge in [-0.1, -0.05) is 12.1 Å². The predicted molar refractivity (Wildman–Crippen MR) is 132 cm³/mol. The summed E-state index contributed by atoms with van der Waals surface area (Å²) in [6.45, 7) is 7.73. The van der Waals surface area contributed by atoms with Crippen molar-refractivity contribution in [2.45, 2.75) is 33.9 Å². The molecule has 0 aliphatic rings. The fraction of sp³-hybridized carbons (Fsp3) is 0.333. The molecule has 192 valence electrons. The number of hydrogen-bond donors (Lipinski definition) is 0. The third kappa shape index (κ3) is 5.15. The molecule has 0 spiro atoms. The van der Waals surface area contributed by atoms with Gasteiger partial charge in [-0.3, -0.25) is 19.4 Å². The first kappa shape index (κ1) is 25.4. The van der Waals surface area contributed by atoms with Crippen LogP contribution in [0.5, 0.6) is 0 Å². The number of carbonyl (C=O) groups excluding carboxylic acids is 2. The number of carbonyl (C=O) groups is 2. The van der Waals surface area contributed by atoms with E-state index >= 15 is 0 Å². The lowest BCUT2D eigenvalue weighted by Gasteiger charge is -2.21. The van der Waals surface area contributed by atoms with Crippen molar-refractivity contribution in [3.63, 3.8) is 0 Å². The molecule has 0 fully saturated rings. The van der Waals surface area contributed by atoms with Gasteiger partial charge in [0.1, 0.15) is 17.2 Å². The summed E-state index contributed by atoms with van der Waals surface area (Å²) in [6, 6.07) is 7.18. The summed E-state index contributed by atoms with van der Waals surface area (Å²) in [7, 11) is 1.74. The summed E-state index contributed by atoms with van der Waals surface area (Å²) in [6.07, 6.45) is 3.25. The van der Waals surface area contributed by atoms with E-state index in [-0.39, 0.29) is 18.2 Å². The number of anilines is 1. The van der Waals surface area contributed by atoms with Crippen molar-refractivity contribution in [3.05, 3.63) is 54.1 Å². The largest absolute Gasteiger partial charge is 0.510 e. The number of aromatic nitrogens is 8. The summed E-state index contributed by atoms with van der Waals surface area (Å²) in [5.41, 5.74) is 3.13. The topological polar surface area (TPSA) is 143 Å². The van der Waals surface area contributed by atoms with E-state index in [0.29, 0.717) is 35.0 Å². The van der Waals surface area contributed by atoms with Crippen molar-refractivity contribution in [1.29, 1.82) is 0 Å². The summed E-state index contributed by atoms with van der Waals surface area (Å²) in [5.74, 6) is 0.673. The Morgan fingerprint density at radius 2 is 1.95 bits per heavy atom. The number of pyridine rings is 2. The zero-order valence-electron chi connectivity index (χ0n) is 21.2. The van der Waals surface area contributed by atoms with E-state index in [1.54, 1.807) is 61.2 Å². The van der Waals surface area contributed by atoms with Gasteiger partial charge in [0, 0.05) is 37.1 Å². The second-order valence-corrected chi connectivity index (χ2v) is 8.00. The van der Waals surface area contributed by atoms with Gasteiger partial charge in [0.25, 0.3) is 5.91 Å². The lowest BCUT2D eigenvalue weighted by Crippen LogP contribution is -2.32. The Balaban J connectivity index is 1.63. The van der Waals surface area contributed by atoms with Crippen LogP contribution in [0.15, 0.2) is 42.9 Å². The highest BCUT2D eigenvalue weighted by molar-refractivity contribution is 6.04. The molecule has 13 nitrogen and oxygen atoms in total. The Hall–Kier alpha value is -4.68. The Morgan fingerprint density at radius 3 is 2.62 bits per heavy atom. The van der Waals surface area contributed by atoms with E-state index in [1.807, 2.05) is 26.0 Å². The van der Waals surface area contributed by atoms with Crippen LogP contribution in [-0.4, -0.2) is 65.2 Å². The van der Waals surface area contributed by atoms with Crippen LogP contribution >= 0.6 is 0 Å². The molecule has 0 radical (unpaired) electrons. The fourth-order valence-electron chi connectivity index (χ4n) is 3.82. The Bertz CT molecular complexity index is 1400. The number of nitrogens with zero attached hydrogens (tertiary/aromatic N) is 9. The second kappa shape index (κ2) is 10.9. The first-order chi connectivity index (χ1) is 17.8. The zero-order valence-corrected chi connectivity index (χ0v) is 21.2. The number of tetrazole rings is 1. The van der Waals surface area contributed by atoms with Crippen LogP contribution in [-0.2, 0) is 16.5 Å². The van der Waals surface area contributed by atoms with Crippen molar-refractivity contribution in [2.24, 2.45) is 7.05 Å². The van der Waals surface area contributed by atoms with Crippen LogP contribution in [0.3, 0.4) is 0 Å². The molecular formula is C24H27N9O4. The minimum absolute atomic E-state index is 0.183. The fourth-order valence-corrected chi connectivity index (χ4v) is 3.82. The molecule has 1 amide bonds. The maximum absolute atomic E-state index is 13.2. The molecule has 0 aliphatic carbocycles.